The maximum Gasteiger partial charge on any atom is -0.0122 e. The molecule has 0 aliphatic rings. The Hall–Kier alpha value is -3.82. The molecule has 0 aliphatic heterocycles. The Morgan fingerprint density at radius 3 is 0.780 bits per heavy atom. The van der Waals surface area contributed by atoms with Gasteiger partial charge in [0, 0.05) is 0 Å². The second-order valence-corrected chi connectivity index (χ2v) is 14.4. The second kappa shape index (κ2) is 14.2. The zero-order valence-electron chi connectivity index (χ0n) is 24.0. The number of hydrogen-bond acceptors (Lipinski definition) is 0. The molecule has 0 spiro atoms. The van der Waals surface area contributed by atoms with Gasteiger partial charge in [-0.3, -0.25) is 0 Å². The molecule has 41 heavy (non-hydrogen) atoms. The largest absolute Gasteiger partial charge is 0.0622 e. The molecule has 0 radical (unpaired) electrons. The van der Waals surface area contributed by atoms with E-state index < -0.39 is 15.8 Å². The molecule has 0 heterocycles. The van der Waals surface area contributed by atoms with Gasteiger partial charge in [0.25, 0.3) is 0 Å². The summed E-state index contributed by atoms with van der Waals surface area (Å²) in [5, 5.41) is 8.57. The molecule has 0 atom stereocenters. The molecule has 0 fully saturated rings. The molecular weight excluding hydrogens is 530 g/mol. The van der Waals surface area contributed by atoms with Gasteiger partial charge in [0.05, 0.1) is 0 Å². The van der Waals surface area contributed by atoms with E-state index in [-0.39, 0.29) is 0 Å². The fourth-order valence-electron chi connectivity index (χ4n) is 5.01. The predicted octanol–water partition coefficient (Wildman–Crippen LogP) is 7.81. The van der Waals surface area contributed by atoms with E-state index in [9.17, 15) is 0 Å². The van der Waals surface area contributed by atoms with E-state index in [1.54, 1.807) is 0 Å². The lowest BCUT2D eigenvalue weighted by molar-refractivity contribution is 1.49. The lowest BCUT2D eigenvalue weighted by atomic mass is 10.2. The minimum absolute atomic E-state index is 0.446. The van der Waals surface area contributed by atoms with E-state index in [1.165, 1.54) is 48.5 Å². The van der Waals surface area contributed by atoms with Crippen LogP contribution in [0.25, 0.3) is 0 Å². The van der Waals surface area contributed by atoms with Crippen LogP contribution >= 0.6 is 15.8 Å². The lowest BCUT2D eigenvalue weighted by Gasteiger charge is -2.24. The van der Waals surface area contributed by atoms with E-state index in [0.29, 0.717) is 0 Å². The second-order valence-electron chi connectivity index (χ2n) is 10.0. The average molecular weight is 567 g/mol. The van der Waals surface area contributed by atoms with Crippen LogP contribution in [0.2, 0.25) is 0 Å². The molecule has 0 aromatic heterocycles. The van der Waals surface area contributed by atoms with Gasteiger partial charge in [-0.05, 0) is 85.1 Å². The molecule has 0 nitrogen and oxygen atoms in total. The molecule has 202 valence electrons. The van der Waals surface area contributed by atoms with E-state index in [4.69, 9.17) is 0 Å². The standard InChI is InChI=1S/C21H21P.C18H15P/c1-16-10-4-7-13-19(16)22(20-14-8-5-11-17(20)2)21-15-9-6-12-18(21)3;1-4-10-16(11-5-1)19(17-12-6-2-7-13-17)18-14-8-3-9-15-18/h4-15H,1-3H3;1-15H. The third-order valence-electron chi connectivity index (χ3n) is 7.11. The highest BCUT2D eigenvalue weighted by molar-refractivity contribution is 7.80. The summed E-state index contributed by atoms with van der Waals surface area (Å²) in [6.07, 6.45) is 0. The Bertz CT molecular complexity index is 1460. The monoisotopic (exact) mass is 566 g/mol. The Morgan fingerprint density at radius 2 is 0.512 bits per heavy atom. The van der Waals surface area contributed by atoms with Gasteiger partial charge in [0.1, 0.15) is 0 Å². The van der Waals surface area contributed by atoms with Crippen molar-refractivity contribution < 1.29 is 0 Å². The molecular formula is C39H36P2. The fourth-order valence-corrected chi connectivity index (χ4v) is 10.1. The van der Waals surface area contributed by atoms with Crippen LogP contribution in [-0.2, 0) is 0 Å². The summed E-state index contributed by atoms with van der Waals surface area (Å²) >= 11 is 0. The first-order valence-electron chi connectivity index (χ1n) is 14.1. The number of rotatable bonds is 6. The van der Waals surface area contributed by atoms with Crippen LogP contribution in [0.1, 0.15) is 16.7 Å². The van der Waals surface area contributed by atoms with Crippen molar-refractivity contribution in [3.8, 4) is 0 Å². The van der Waals surface area contributed by atoms with Crippen molar-refractivity contribution in [2.24, 2.45) is 0 Å². The van der Waals surface area contributed by atoms with Gasteiger partial charge in [0.2, 0.25) is 0 Å². The highest BCUT2D eigenvalue weighted by Gasteiger charge is 2.21. The summed E-state index contributed by atoms with van der Waals surface area (Å²) in [6, 6.07) is 58.7. The van der Waals surface area contributed by atoms with Crippen molar-refractivity contribution in [1.29, 1.82) is 0 Å². The summed E-state index contributed by atoms with van der Waals surface area (Å²) < 4.78 is 0. The van der Waals surface area contributed by atoms with Crippen molar-refractivity contribution in [1.82, 2.24) is 0 Å². The highest BCUT2D eigenvalue weighted by atomic mass is 31.1. The molecule has 6 aromatic carbocycles. The summed E-state index contributed by atoms with van der Waals surface area (Å²) in [5.74, 6) is 0. The molecule has 0 saturated heterocycles. The number of aryl methyl sites for hydroxylation is 3. The van der Waals surface area contributed by atoms with Crippen molar-refractivity contribution in [2.75, 3.05) is 0 Å². The number of hydrogen-bond donors (Lipinski definition) is 0. The van der Waals surface area contributed by atoms with Crippen LogP contribution < -0.4 is 31.8 Å². The van der Waals surface area contributed by atoms with Gasteiger partial charge in [-0.25, -0.2) is 0 Å². The average Bonchev–Trinajstić information content (AvgIpc) is 3.02. The molecule has 0 amide bonds. The molecule has 0 saturated carbocycles. The zero-order chi connectivity index (χ0) is 28.4. The van der Waals surface area contributed by atoms with Crippen molar-refractivity contribution in [3.63, 3.8) is 0 Å². The zero-order valence-corrected chi connectivity index (χ0v) is 25.8. The van der Waals surface area contributed by atoms with E-state index >= 15 is 0 Å². The first-order chi connectivity index (χ1) is 20.1. The van der Waals surface area contributed by atoms with Crippen LogP contribution in [0.5, 0.6) is 0 Å². The Balaban J connectivity index is 0.000000166. The maximum absolute atomic E-state index is 2.29. The van der Waals surface area contributed by atoms with E-state index in [2.05, 4.69) is 185 Å². The first-order valence-corrected chi connectivity index (χ1v) is 16.7. The molecule has 6 aromatic rings. The summed E-state index contributed by atoms with van der Waals surface area (Å²) in [7, 11) is -0.954. The quantitative estimate of drug-likeness (QED) is 0.180. The molecule has 6 rings (SSSR count). The Labute approximate surface area is 248 Å². The van der Waals surface area contributed by atoms with Gasteiger partial charge < -0.3 is 0 Å². The van der Waals surface area contributed by atoms with Crippen LogP contribution in [0.4, 0.5) is 0 Å². The van der Waals surface area contributed by atoms with E-state index in [1.807, 2.05) is 0 Å². The van der Waals surface area contributed by atoms with Gasteiger partial charge in [-0.15, -0.1) is 0 Å². The molecule has 2 heteroatoms. The van der Waals surface area contributed by atoms with E-state index in [0.717, 1.165) is 0 Å². The third kappa shape index (κ3) is 7.10. The van der Waals surface area contributed by atoms with Crippen molar-refractivity contribution in [3.05, 3.63) is 180 Å². The van der Waals surface area contributed by atoms with Crippen molar-refractivity contribution in [2.45, 2.75) is 20.8 Å². The molecule has 0 bridgehead atoms. The Kier molecular flexibility index (Phi) is 9.93. The molecule has 0 aliphatic carbocycles. The first kappa shape index (κ1) is 28.7. The topological polar surface area (TPSA) is 0 Å². The lowest BCUT2D eigenvalue weighted by Crippen LogP contribution is -2.25. The van der Waals surface area contributed by atoms with Crippen LogP contribution in [0.15, 0.2) is 164 Å². The summed E-state index contributed by atoms with van der Waals surface area (Å²) in [6.45, 7) is 6.67. The summed E-state index contributed by atoms with van der Waals surface area (Å²) in [5.41, 5.74) is 4.13. The van der Waals surface area contributed by atoms with Crippen molar-refractivity contribution >= 4 is 47.7 Å². The van der Waals surface area contributed by atoms with Crippen LogP contribution in [0, 0.1) is 20.8 Å². The highest BCUT2D eigenvalue weighted by Crippen LogP contribution is 2.36. The van der Waals surface area contributed by atoms with Crippen LogP contribution in [0.3, 0.4) is 0 Å². The van der Waals surface area contributed by atoms with Gasteiger partial charge in [0.15, 0.2) is 0 Å². The SMILES string of the molecule is Cc1ccccc1P(c1ccccc1C)c1ccccc1C.c1ccc(P(c2ccccc2)c2ccccc2)cc1. The van der Waals surface area contributed by atoms with Gasteiger partial charge in [-0.2, -0.15) is 0 Å². The minimum atomic E-state index is -0.508. The molecule has 0 unspecified atom stereocenters. The van der Waals surface area contributed by atoms with Gasteiger partial charge >= 0.3 is 0 Å². The number of benzene rings is 6. The Morgan fingerprint density at radius 1 is 0.268 bits per heavy atom. The van der Waals surface area contributed by atoms with Gasteiger partial charge in [-0.1, -0.05) is 164 Å². The smallest absolute Gasteiger partial charge is 0.0122 e. The maximum atomic E-state index is 2.29. The minimum Gasteiger partial charge on any atom is -0.0622 e. The fraction of sp³-hybridized carbons (Fsp3) is 0.0769. The predicted molar refractivity (Wildman–Crippen MR) is 185 cm³/mol. The summed E-state index contributed by atoms with van der Waals surface area (Å²) in [4.78, 5) is 0. The normalized spacial score (nSPS) is 10.8. The molecule has 0 N–H and O–H groups in total. The third-order valence-corrected chi connectivity index (χ3v) is 12.5. The van der Waals surface area contributed by atoms with Crippen LogP contribution in [-0.4, -0.2) is 0 Å².